The van der Waals surface area contributed by atoms with Gasteiger partial charge < -0.3 is 10.2 Å². The van der Waals surface area contributed by atoms with Gasteiger partial charge in [0.2, 0.25) is 5.91 Å². The van der Waals surface area contributed by atoms with Crippen LogP contribution in [0.1, 0.15) is 34.5 Å². The summed E-state index contributed by atoms with van der Waals surface area (Å²) in [6.07, 6.45) is 6.19. The highest BCUT2D eigenvalue weighted by molar-refractivity contribution is 5.99. The minimum absolute atomic E-state index is 0.386. The predicted molar refractivity (Wildman–Crippen MR) is 84.6 cm³/mol. The number of pyridine rings is 1. The molecule has 0 spiro atoms. The average Bonchev–Trinajstić information content (AvgIpc) is 2.93. The van der Waals surface area contributed by atoms with Gasteiger partial charge in [0.05, 0.1) is 19.2 Å². The standard InChI is InChI=1S/C17H16F2N4O2/c18-17(19)7-11(8-20)23(10-17)15(24)9-22-16(25)13-5-6-21-14-4-2-1-3-12(13)14/h1,3,5-6,11H,2,4,7,9-10H2,(H,22,25). The summed E-state index contributed by atoms with van der Waals surface area (Å²) in [5.74, 6) is -4.25. The fraction of sp³-hybridized carbons (Fsp3) is 0.412. The Hall–Kier alpha value is -2.82. The van der Waals surface area contributed by atoms with Crippen LogP contribution in [-0.2, 0) is 11.2 Å². The Labute approximate surface area is 143 Å². The summed E-state index contributed by atoms with van der Waals surface area (Å²) >= 11 is 0. The molecule has 1 fully saturated rings. The van der Waals surface area contributed by atoms with Crippen LogP contribution in [0, 0.1) is 11.3 Å². The van der Waals surface area contributed by atoms with Gasteiger partial charge in [-0.25, -0.2) is 8.78 Å². The lowest BCUT2D eigenvalue weighted by Gasteiger charge is -2.19. The number of alkyl halides is 2. The van der Waals surface area contributed by atoms with Crippen molar-refractivity contribution >= 4 is 17.9 Å². The fourth-order valence-electron chi connectivity index (χ4n) is 3.07. The van der Waals surface area contributed by atoms with Gasteiger partial charge >= 0.3 is 0 Å². The first-order valence-electron chi connectivity index (χ1n) is 7.91. The minimum atomic E-state index is -3.07. The minimum Gasteiger partial charge on any atom is -0.343 e. The Morgan fingerprint density at radius 1 is 1.48 bits per heavy atom. The molecule has 1 saturated heterocycles. The SMILES string of the molecule is N#CC1CC(F)(F)CN1C(=O)CNC(=O)c1ccnc2c1C=CCC2. The largest absolute Gasteiger partial charge is 0.343 e. The van der Waals surface area contributed by atoms with Gasteiger partial charge in [0.15, 0.2) is 0 Å². The second-order valence-corrected chi connectivity index (χ2v) is 6.07. The maximum absolute atomic E-state index is 13.4. The first-order valence-corrected chi connectivity index (χ1v) is 7.91. The first kappa shape index (κ1) is 17.0. The van der Waals surface area contributed by atoms with E-state index in [-0.39, 0.29) is 0 Å². The maximum Gasteiger partial charge on any atom is 0.268 e. The second kappa shape index (κ2) is 6.59. The van der Waals surface area contributed by atoms with E-state index in [1.807, 2.05) is 12.2 Å². The molecule has 1 atom stereocenters. The average molecular weight is 346 g/mol. The Morgan fingerprint density at radius 3 is 3.04 bits per heavy atom. The highest BCUT2D eigenvalue weighted by Gasteiger charge is 2.47. The molecule has 0 radical (unpaired) electrons. The third kappa shape index (κ3) is 3.50. The normalized spacial score (nSPS) is 20.7. The van der Waals surface area contributed by atoms with Gasteiger partial charge in [-0.1, -0.05) is 12.2 Å². The molecule has 6 nitrogen and oxygen atoms in total. The third-order valence-corrected chi connectivity index (χ3v) is 4.29. The Balaban J connectivity index is 1.67. The first-order chi connectivity index (χ1) is 11.9. The summed E-state index contributed by atoms with van der Waals surface area (Å²) in [6, 6.07) is 2.09. The second-order valence-electron chi connectivity index (χ2n) is 6.07. The van der Waals surface area contributed by atoms with Crippen molar-refractivity contribution in [1.82, 2.24) is 15.2 Å². The van der Waals surface area contributed by atoms with Gasteiger partial charge in [-0.15, -0.1) is 0 Å². The van der Waals surface area contributed by atoms with Gasteiger partial charge in [0.25, 0.3) is 11.8 Å². The monoisotopic (exact) mass is 346 g/mol. The van der Waals surface area contributed by atoms with E-state index in [0.29, 0.717) is 11.1 Å². The number of aryl methyl sites for hydroxylation is 1. The van der Waals surface area contributed by atoms with E-state index in [2.05, 4.69) is 10.3 Å². The van der Waals surface area contributed by atoms with E-state index in [4.69, 9.17) is 5.26 Å². The topological polar surface area (TPSA) is 86.1 Å². The number of halogens is 2. The van der Waals surface area contributed by atoms with Crippen molar-refractivity contribution in [3.05, 3.63) is 35.2 Å². The quantitative estimate of drug-likeness (QED) is 0.899. The van der Waals surface area contributed by atoms with E-state index in [1.54, 1.807) is 12.1 Å². The summed E-state index contributed by atoms with van der Waals surface area (Å²) in [7, 11) is 0. The number of rotatable bonds is 3. The molecule has 1 aromatic heterocycles. The van der Waals surface area contributed by atoms with Crippen LogP contribution < -0.4 is 5.32 Å². The van der Waals surface area contributed by atoms with E-state index in [9.17, 15) is 18.4 Å². The van der Waals surface area contributed by atoms with Gasteiger partial charge in [0.1, 0.15) is 6.04 Å². The summed E-state index contributed by atoms with van der Waals surface area (Å²) in [6.45, 7) is -1.23. The molecule has 25 heavy (non-hydrogen) atoms. The van der Waals surface area contributed by atoms with Crippen molar-refractivity contribution in [3.8, 4) is 6.07 Å². The molecular weight excluding hydrogens is 330 g/mol. The van der Waals surface area contributed by atoms with Crippen LogP contribution in [0.15, 0.2) is 18.3 Å². The van der Waals surface area contributed by atoms with Gasteiger partial charge in [-0.2, -0.15) is 5.26 Å². The molecular formula is C17H16F2N4O2. The van der Waals surface area contributed by atoms with Crippen LogP contribution in [-0.4, -0.2) is 46.8 Å². The molecule has 3 rings (SSSR count). The molecule has 8 heteroatoms. The smallest absolute Gasteiger partial charge is 0.268 e. The van der Waals surface area contributed by atoms with Gasteiger partial charge in [0, 0.05) is 29.4 Å². The summed E-state index contributed by atoms with van der Waals surface area (Å²) in [4.78, 5) is 29.5. The molecule has 1 N–H and O–H groups in total. The van der Waals surface area contributed by atoms with E-state index >= 15 is 0 Å². The number of hydrogen-bond donors (Lipinski definition) is 1. The fourth-order valence-corrected chi connectivity index (χ4v) is 3.07. The number of allylic oxidation sites excluding steroid dienone is 1. The highest BCUT2D eigenvalue weighted by atomic mass is 19.3. The molecule has 2 aliphatic rings. The van der Waals surface area contributed by atoms with E-state index in [1.165, 1.54) is 6.20 Å². The van der Waals surface area contributed by atoms with Crippen molar-refractivity contribution in [3.63, 3.8) is 0 Å². The molecule has 2 amide bonds. The zero-order valence-corrected chi connectivity index (χ0v) is 13.3. The van der Waals surface area contributed by atoms with Gasteiger partial charge in [-0.05, 0) is 18.9 Å². The Kier molecular flexibility index (Phi) is 4.49. The summed E-state index contributed by atoms with van der Waals surface area (Å²) in [5.41, 5.74) is 1.91. The Bertz CT molecular complexity index is 785. The maximum atomic E-state index is 13.4. The molecule has 2 heterocycles. The van der Waals surface area contributed by atoms with Crippen LogP contribution in [0.5, 0.6) is 0 Å². The van der Waals surface area contributed by atoms with Crippen molar-refractivity contribution in [2.75, 3.05) is 13.1 Å². The van der Waals surface area contributed by atoms with Crippen LogP contribution in [0.4, 0.5) is 8.78 Å². The zero-order chi connectivity index (χ0) is 18.0. The lowest BCUT2D eigenvalue weighted by atomic mass is 9.98. The lowest BCUT2D eigenvalue weighted by Crippen LogP contribution is -2.43. The molecule has 130 valence electrons. The van der Waals surface area contributed by atoms with Crippen LogP contribution >= 0.6 is 0 Å². The number of carbonyl (C=O) groups excluding carboxylic acids is 2. The number of amides is 2. The zero-order valence-electron chi connectivity index (χ0n) is 13.3. The van der Waals surface area contributed by atoms with E-state index in [0.717, 1.165) is 23.4 Å². The number of nitrogens with zero attached hydrogens (tertiary/aromatic N) is 3. The van der Waals surface area contributed by atoms with Crippen molar-refractivity contribution in [2.24, 2.45) is 0 Å². The van der Waals surface area contributed by atoms with Gasteiger partial charge in [-0.3, -0.25) is 14.6 Å². The van der Waals surface area contributed by atoms with Crippen molar-refractivity contribution < 1.29 is 18.4 Å². The molecule has 0 aromatic carbocycles. The number of aromatic nitrogens is 1. The summed E-state index contributed by atoms with van der Waals surface area (Å²) < 4.78 is 26.8. The number of nitrogens with one attached hydrogen (secondary N) is 1. The number of likely N-dealkylation sites (tertiary alicyclic amines) is 1. The van der Waals surface area contributed by atoms with E-state index < -0.39 is 43.3 Å². The third-order valence-electron chi connectivity index (χ3n) is 4.29. The molecule has 1 aliphatic heterocycles. The van der Waals surface area contributed by atoms with Crippen LogP contribution in [0.25, 0.3) is 6.08 Å². The summed E-state index contributed by atoms with van der Waals surface area (Å²) in [5, 5.41) is 11.4. The highest BCUT2D eigenvalue weighted by Crippen LogP contribution is 2.31. The number of fused-ring (bicyclic) bond motifs is 1. The molecule has 1 aliphatic carbocycles. The number of hydrogen-bond acceptors (Lipinski definition) is 4. The number of carbonyl (C=O) groups is 2. The number of nitriles is 1. The molecule has 0 bridgehead atoms. The molecule has 1 aromatic rings. The molecule has 0 saturated carbocycles. The van der Waals surface area contributed by atoms with Crippen molar-refractivity contribution in [1.29, 1.82) is 5.26 Å². The van der Waals surface area contributed by atoms with Crippen LogP contribution in [0.3, 0.4) is 0 Å². The van der Waals surface area contributed by atoms with Crippen molar-refractivity contribution in [2.45, 2.75) is 31.2 Å². The Morgan fingerprint density at radius 2 is 2.28 bits per heavy atom. The van der Waals surface area contributed by atoms with Crippen LogP contribution in [0.2, 0.25) is 0 Å². The molecule has 1 unspecified atom stereocenters. The predicted octanol–water partition coefficient (Wildman–Crippen LogP) is 1.53. The lowest BCUT2D eigenvalue weighted by molar-refractivity contribution is -0.131.